The quantitative estimate of drug-likeness (QED) is 0.0751. The molecule has 5 nitrogen and oxygen atoms in total. The molecule has 0 N–H and O–H groups in total. The maximum absolute atomic E-state index is 6.69. The molecule has 0 aliphatic carbocycles. The van der Waals surface area contributed by atoms with Gasteiger partial charge in [0.15, 0.2) is 11.5 Å². The van der Waals surface area contributed by atoms with Crippen LogP contribution in [0.2, 0.25) is 0 Å². The van der Waals surface area contributed by atoms with Crippen molar-refractivity contribution in [2.24, 2.45) is 0 Å². The van der Waals surface area contributed by atoms with Crippen LogP contribution >= 0.6 is 27.7 Å². The number of nitrogens with zero attached hydrogens (tertiary/aromatic N) is 3. The van der Waals surface area contributed by atoms with Crippen molar-refractivity contribution in [3.05, 3.63) is 89.4 Å². The molecular weight excluding hydrogens is 666 g/mol. The molecule has 1 aromatic heterocycles. The Morgan fingerprint density at radius 2 is 1.02 bits per heavy atom. The minimum absolute atomic E-state index is 0.635. The molecule has 0 radical (unpaired) electrons. The van der Waals surface area contributed by atoms with Crippen LogP contribution in [0.1, 0.15) is 90.9 Å². The van der Waals surface area contributed by atoms with E-state index in [9.17, 15) is 0 Å². The molecule has 4 aromatic carbocycles. The first-order chi connectivity index (χ1) is 23.2. The third kappa shape index (κ3) is 9.35. The molecule has 248 valence electrons. The van der Waals surface area contributed by atoms with Gasteiger partial charge in [-0.2, -0.15) is 8.75 Å². The van der Waals surface area contributed by atoms with Crippen LogP contribution < -0.4 is 14.4 Å². The van der Waals surface area contributed by atoms with Gasteiger partial charge in [-0.25, -0.2) is 0 Å². The maximum atomic E-state index is 6.69. The fraction of sp³-hybridized carbons (Fsp3) is 0.400. The van der Waals surface area contributed by atoms with E-state index in [1.54, 1.807) is 0 Å². The number of hydrogen-bond donors (Lipinski definition) is 0. The zero-order chi connectivity index (χ0) is 32.7. The van der Waals surface area contributed by atoms with Crippen LogP contribution in [0.25, 0.3) is 22.2 Å². The number of benzene rings is 4. The molecule has 1 heterocycles. The highest BCUT2D eigenvalue weighted by atomic mass is 79.9. The third-order valence-corrected chi connectivity index (χ3v) is 9.76. The van der Waals surface area contributed by atoms with Crippen LogP contribution in [0.5, 0.6) is 11.5 Å². The van der Waals surface area contributed by atoms with Crippen molar-refractivity contribution >= 4 is 55.8 Å². The number of rotatable bonds is 20. The average molecular weight is 715 g/mol. The fourth-order valence-electron chi connectivity index (χ4n) is 5.95. The molecular formula is C40H48BrN3O2S. The van der Waals surface area contributed by atoms with Crippen molar-refractivity contribution in [2.45, 2.75) is 90.9 Å². The van der Waals surface area contributed by atoms with E-state index in [4.69, 9.17) is 13.8 Å². The van der Waals surface area contributed by atoms with Crippen LogP contribution in [-0.4, -0.2) is 22.0 Å². The number of ether oxygens (including phenoxy) is 2. The second-order valence-electron chi connectivity index (χ2n) is 12.1. The van der Waals surface area contributed by atoms with Crippen LogP contribution in [-0.2, 0) is 0 Å². The molecule has 47 heavy (non-hydrogen) atoms. The van der Waals surface area contributed by atoms with Crippen LogP contribution in [0.3, 0.4) is 0 Å². The Bertz CT molecular complexity index is 1590. The summed E-state index contributed by atoms with van der Waals surface area (Å²) in [7, 11) is 0. The molecule has 0 atom stereocenters. The number of halogens is 1. The van der Waals surface area contributed by atoms with E-state index < -0.39 is 0 Å². The van der Waals surface area contributed by atoms with E-state index in [0.717, 1.165) is 74.5 Å². The van der Waals surface area contributed by atoms with Gasteiger partial charge in [0.1, 0.15) is 11.0 Å². The number of fused-ring (bicyclic) bond motifs is 1. The predicted octanol–water partition coefficient (Wildman–Crippen LogP) is 13.1. The molecule has 0 fully saturated rings. The lowest BCUT2D eigenvalue weighted by Crippen LogP contribution is -2.09. The first-order valence-corrected chi connectivity index (χ1v) is 19.0. The van der Waals surface area contributed by atoms with Gasteiger partial charge in [0.2, 0.25) is 0 Å². The van der Waals surface area contributed by atoms with Crippen LogP contribution in [0, 0.1) is 0 Å². The Kier molecular flexibility index (Phi) is 14.0. The Hall–Kier alpha value is -3.42. The van der Waals surface area contributed by atoms with Crippen molar-refractivity contribution in [3.8, 4) is 22.6 Å². The van der Waals surface area contributed by atoms with Gasteiger partial charge in [-0.15, -0.1) is 0 Å². The zero-order valence-corrected chi connectivity index (χ0v) is 30.3. The van der Waals surface area contributed by atoms with Crippen molar-refractivity contribution in [3.63, 3.8) is 0 Å². The zero-order valence-electron chi connectivity index (χ0n) is 27.9. The van der Waals surface area contributed by atoms with E-state index in [-0.39, 0.29) is 0 Å². The summed E-state index contributed by atoms with van der Waals surface area (Å²) in [5, 5.41) is 0. The summed E-state index contributed by atoms with van der Waals surface area (Å²) in [4.78, 5) is 2.27. The second kappa shape index (κ2) is 18.8. The lowest BCUT2D eigenvalue weighted by molar-refractivity contribution is 0.258. The SMILES string of the molecule is CCCCCCCCOc1c(OCCCCCCCC)c(-c2ccc(N(c3ccccc3)c3ccccc3)cc2)c2nsnc2c1Br. The van der Waals surface area contributed by atoms with Gasteiger partial charge in [-0.1, -0.05) is 127 Å². The smallest absolute Gasteiger partial charge is 0.178 e. The second-order valence-corrected chi connectivity index (χ2v) is 13.4. The molecule has 0 aliphatic heterocycles. The van der Waals surface area contributed by atoms with Crippen LogP contribution in [0.4, 0.5) is 17.1 Å². The molecule has 0 saturated carbocycles. The number of para-hydroxylation sites is 2. The molecule has 0 saturated heterocycles. The molecule has 0 amide bonds. The summed E-state index contributed by atoms with van der Waals surface area (Å²) >= 11 is 5.07. The van der Waals surface area contributed by atoms with Gasteiger partial charge in [0.25, 0.3) is 0 Å². The summed E-state index contributed by atoms with van der Waals surface area (Å²) in [6, 6.07) is 29.7. The molecule has 0 bridgehead atoms. The van der Waals surface area contributed by atoms with E-state index in [1.807, 2.05) is 0 Å². The fourth-order valence-corrected chi connectivity index (χ4v) is 7.20. The summed E-state index contributed by atoms with van der Waals surface area (Å²) in [5.41, 5.74) is 6.91. The Labute approximate surface area is 293 Å². The van der Waals surface area contributed by atoms with Crippen molar-refractivity contribution < 1.29 is 9.47 Å². The van der Waals surface area contributed by atoms with Gasteiger partial charge >= 0.3 is 0 Å². The largest absolute Gasteiger partial charge is 0.489 e. The Morgan fingerprint density at radius 3 is 1.57 bits per heavy atom. The molecule has 0 aliphatic rings. The highest BCUT2D eigenvalue weighted by Gasteiger charge is 2.25. The predicted molar refractivity (Wildman–Crippen MR) is 203 cm³/mol. The van der Waals surface area contributed by atoms with Crippen LogP contribution in [0.15, 0.2) is 89.4 Å². The normalized spacial score (nSPS) is 11.2. The third-order valence-electron chi connectivity index (χ3n) is 8.50. The highest BCUT2D eigenvalue weighted by molar-refractivity contribution is 9.10. The molecule has 0 spiro atoms. The van der Waals surface area contributed by atoms with Crippen molar-refractivity contribution in [2.75, 3.05) is 18.1 Å². The lowest BCUT2D eigenvalue weighted by atomic mass is 10.0. The number of hydrogen-bond acceptors (Lipinski definition) is 6. The number of unbranched alkanes of at least 4 members (excludes halogenated alkanes) is 10. The first kappa shape index (κ1) is 34.9. The lowest BCUT2D eigenvalue weighted by Gasteiger charge is -2.25. The van der Waals surface area contributed by atoms with E-state index in [1.165, 1.54) is 69.5 Å². The van der Waals surface area contributed by atoms with Crippen molar-refractivity contribution in [1.82, 2.24) is 8.75 Å². The van der Waals surface area contributed by atoms with Gasteiger partial charge in [-0.3, -0.25) is 0 Å². The van der Waals surface area contributed by atoms with E-state index in [0.29, 0.717) is 13.2 Å². The maximum Gasteiger partial charge on any atom is 0.178 e. The summed E-state index contributed by atoms with van der Waals surface area (Å²) < 4.78 is 23.5. The van der Waals surface area contributed by atoms with Crippen molar-refractivity contribution in [1.29, 1.82) is 0 Å². The molecule has 5 aromatic rings. The van der Waals surface area contributed by atoms with Gasteiger partial charge < -0.3 is 14.4 Å². The Morgan fingerprint density at radius 1 is 0.553 bits per heavy atom. The molecule has 7 heteroatoms. The highest BCUT2D eigenvalue weighted by Crippen LogP contribution is 2.49. The number of aromatic nitrogens is 2. The Balaban J connectivity index is 1.47. The monoisotopic (exact) mass is 713 g/mol. The summed E-state index contributed by atoms with van der Waals surface area (Å²) in [6.07, 6.45) is 14.5. The minimum atomic E-state index is 0.635. The first-order valence-electron chi connectivity index (χ1n) is 17.5. The van der Waals surface area contributed by atoms with Gasteiger partial charge in [-0.05, 0) is 70.7 Å². The standard InChI is InChI=1S/C40H48BrN3O2S/c1-3-5-7-9-11-19-29-45-39-35(37-38(43-47-42-37)36(41)40(39)46-30-20-12-10-8-6-4-2)31-25-27-34(28-26-31)44(32-21-15-13-16-22-32)33-23-17-14-18-24-33/h13-18,21-28H,3-12,19-20,29-30H2,1-2H3. The molecule has 0 unspecified atom stereocenters. The van der Waals surface area contributed by atoms with Gasteiger partial charge in [0, 0.05) is 17.1 Å². The van der Waals surface area contributed by atoms with E-state index in [2.05, 4.69) is 124 Å². The summed E-state index contributed by atoms with van der Waals surface area (Å²) in [6.45, 7) is 5.79. The molecule has 5 rings (SSSR count). The van der Waals surface area contributed by atoms with Gasteiger partial charge in [0.05, 0.1) is 35.0 Å². The summed E-state index contributed by atoms with van der Waals surface area (Å²) in [5.74, 6) is 1.49. The topological polar surface area (TPSA) is 47.5 Å². The average Bonchev–Trinajstić information content (AvgIpc) is 3.60. The minimum Gasteiger partial charge on any atom is -0.489 e. The number of anilines is 3. The van der Waals surface area contributed by atoms with E-state index >= 15 is 0 Å².